The van der Waals surface area contributed by atoms with Gasteiger partial charge in [-0.1, -0.05) is 6.92 Å². The summed E-state index contributed by atoms with van der Waals surface area (Å²) >= 11 is 0. The van der Waals surface area contributed by atoms with Gasteiger partial charge in [-0.05, 0) is 51.2 Å². The summed E-state index contributed by atoms with van der Waals surface area (Å²) in [7, 11) is 3.73. The van der Waals surface area contributed by atoms with Gasteiger partial charge in [0.1, 0.15) is 11.6 Å². The number of piperidine rings is 1. The van der Waals surface area contributed by atoms with Crippen molar-refractivity contribution in [3.8, 4) is 0 Å². The minimum absolute atomic E-state index is 0.157. The van der Waals surface area contributed by atoms with Crippen LogP contribution in [0.1, 0.15) is 50.2 Å². The Labute approximate surface area is 156 Å². The molecule has 1 aromatic heterocycles. The predicted molar refractivity (Wildman–Crippen MR) is 103 cm³/mol. The third kappa shape index (κ3) is 4.92. The molecular formula is C19H32N6O. The first-order valence-electron chi connectivity index (χ1n) is 9.80. The van der Waals surface area contributed by atoms with Crippen molar-refractivity contribution in [3.63, 3.8) is 0 Å². The Bertz CT molecular complexity index is 608. The lowest BCUT2D eigenvalue weighted by Crippen LogP contribution is -2.41. The molecule has 1 aromatic rings. The molecule has 2 aliphatic rings. The smallest absolute Gasteiger partial charge is 0.236 e. The maximum Gasteiger partial charge on any atom is 0.236 e. The Morgan fingerprint density at radius 1 is 1.35 bits per heavy atom. The monoisotopic (exact) mass is 360 g/mol. The van der Waals surface area contributed by atoms with E-state index in [0.717, 1.165) is 55.7 Å². The van der Waals surface area contributed by atoms with Gasteiger partial charge in [0.2, 0.25) is 5.91 Å². The van der Waals surface area contributed by atoms with Gasteiger partial charge < -0.3 is 15.5 Å². The number of hydrogen-bond acceptors (Lipinski definition) is 6. The molecule has 2 aliphatic heterocycles. The molecule has 0 bridgehead atoms. The summed E-state index contributed by atoms with van der Waals surface area (Å²) in [6.07, 6.45) is 4.59. The summed E-state index contributed by atoms with van der Waals surface area (Å²) in [5.74, 6) is 2.58. The van der Waals surface area contributed by atoms with Gasteiger partial charge in [-0.25, -0.2) is 9.97 Å². The highest BCUT2D eigenvalue weighted by molar-refractivity contribution is 5.78. The van der Waals surface area contributed by atoms with Crippen LogP contribution in [0.4, 0.5) is 5.82 Å². The van der Waals surface area contributed by atoms with Gasteiger partial charge in [0, 0.05) is 20.2 Å². The molecule has 7 heteroatoms. The number of aromatic nitrogens is 2. The number of carbonyl (C=O) groups excluding carboxylic acids is 1. The maximum absolute atomic E-state index is 12.6. The van der Waals surface area contributed by atoms with E-state index in [1.807, 2.05) is 20.2 Å². The third-order valence-electron chi connectivity index (χ3n) is 5.48. The standard InChI is InChI=1S/C19H32N6O/c1-14-6-9-25(10-7-14)13-18(26)24(3)12-15-11-17(20-2)23-19(22-15)16-5-4-8-21-16/h11,14,16,21H,4-10,12-13H2,1-3H3,(H,20,22,23)/t16-/m1/s1. The Hall–Kier alpha value is -1.73. The SMILES string of the molecule is CNc1cc(CN(C)C(=O)CN2CCC(C)CC2)nc([C@H]2CCCN2)n1. The molecule has 0 spiro atoms. The Morgan fingerprint density at radius 2 is 2.12 bits per heavy atom. The van der Waals surface area contributed by atoms with Crippen LogP contribution in [0.15, 0.2) is 6.07 Å². The fourth-order valence-corrected chi connectivity index (χ4v) is 3.65. The maximum atomic E-state index is 12.6. The highest BCUT2D eigenvalue weighted by Gasteiger charge is 2.22. The van der Waals surface area contributed by atoms with Crippen molar-refractivity contribution in [1.82, 2.24) is 25.1 Å². The van der Waals surface area contributed by atoms with Gasteiger partial charge in [0.05, 0.1) is 24.8 Å². The van der Waals surface area contributed by atoms with Crippen LogP contribution in [-0.2, 0) is 11.3 Å². The zero-order chi connectivity index (χ0) is 18.5. The zero-order valence-corrected chi connectivity index (χ0v) is 16.3. The second-order valence-corrected chi connectivity index (χ2v) is 7.71. The summed E-state index contributed by atoms with van der Waals surface area (Å²) in [4.78, 5) is 26.0. The van der Waals surface area contributed by atoms with Crippen LogP contribution in [-0.4, -0.2) is 65.9 Å². The summed E-state index contributed by atoms with van der Waals surface area (Å²) in [6.45, 7) is 6.37. The molecule has 1 atom stereocenters. The number of likely N-dealkylation sites (N-methyl/N-ethyl adjacent to an activating group) is 1. The second-order valence-electron chi connectivity index (χ2n) is 7.71. The number of anilines is 1. The molecule has 0 unspecified atom stereocenters. The molecule has 2 N–H and O–H groups in total. The molecule has 0 aliphatic carbocycles. The van der Waals surface area contributed by atoms with Crippen LogP contribution in [0.5, 0.6) is 0 Å². The lowest BCUT2D eigenvalue weighted by atomic mass is 9.99. The molecule has 1 amide bonds. The minimum atomic E-state index is 0.157. The molecule has 144 valence electrons. The van der Waals surface area contributed by atoms with Crippen LogP contribution in [0.3, 0.4) is 0 Å². The lowest BCUT2D eigenvalue weighted by molar-refractivity contribution is -0.132. The molecule has 3 heterocycles. The van der Waals surface area contributed by atoms with Crippen molar-refractivity contribution in [2.45, 2.75) is 45.2 Å². The summed E-state index contributed by atoms with van der Waals surface area (Å²) < 4.78 is 0. The highest BCUT2D eigenvalue weighted by atomic mass is 16.2. The van der Waals surface area contributed by atoms with E-state index in [1.54, 1.807) is 4.90 Å². The molecular weight excluding hydrogens is 328 g/mol. The minimum Gasteiger partial charge on any atom is -0.373 e. The van der Waals surface area contributed by atoms with Gasteiger partial charge in [0.15, 0.2) is 0 Å². The van der Waals surface area contributed by atoms with Crippen molar-refractivity contribution >= 4 is 11.7 Å². The molecule has 3 rings (SSSR count). The normalized spacial score (nSPS) is 21.7. The average molecular weight is 361 g/mol. The molecule has 26 heavy (non-hydrogen) atoms. The van der Waals surface area contributed by atoms with E-state index in [0.29, 0.717) is 13.1 Å². The molecule has 7 nitrogen and oxygen atoms in total. The Morgan fingerprint density at radius 3 is 2.77 bits per heavy atom. The average Bonchev–Trinajstić information content (AvgIpc) is 3.18. The number of rotatable bonds is 6. The second kappa shape index (κ2) is 8.77. The first kappa shape index (κ1) is 19.0. The van der Waals surface area contributed by atoms with Crippen molar-refractivity contribution in [1.29, 1.82) is 0 Å². The van der Waals surface area contributed by atoms with Crippen LogP contribution in [0.25, 0.3) is 0 Å². The first-order valence-corrected chi connectivity index (χ1v) is 9.80. The number of carbonyl (C=O) groups is 1. The molecule has 2 fully saturated rings. The van der Waals surface area contributed by atoms with Crippen molar-refractivity contribution in [2.75, 3.05) is 45.6 Å². The number of hydrogen-bond donors (Lipinski definition) is 2. The van der Waals surface area contributed by atoms with Crippen LogP contribution in [0, 0.1) is 5.92 Å². The number of nitrogens with zero attached hydrogens (tertiary/aromatic N) is 4. The van der Waals surface area contributed by atoms with E-state index >= 15 is 0 Å². The summed E-state index contributed by atoms with van der Waals surface area (Å²) in [5, 5.41) is 6.56. The van der Waals surface area contributed by atoms with E-state index < -0.39 is 0 Å². The lowest BCUT2D eigenvalue weighted by Gasteiger charge is -2.31. The van der Waals surface area contributed by atoms with Crippen molar-refractivity contribution in [2.24, 2.45) is 5.92 Å². The van der Waals surface area contributed by atoms with Gasteiger partial charge in [-0.15, -0.1) is 0 Å². The predicted octanol–water partition coefficient (Wildman–Crippen LogP) is 1.63. The van der Waals surface area contributed by atoms with Gasteiger partial charge >= 0.3 is 0 Å². The Kier molecular flexibility index (Phi) is 6.43. The zero-order valence-electron chi connectivity index (χ0n) is 16.3. The Balaban J connectivity index is 1.61. The fraction of sp³-hybridized carbons (Fsp3) is 0.737. The third-order valence-corrected chi connectivity index (χ3v) is 5.48. The summed E-state index contributed by atoms with van der Waals surface area (Å²) in [6, 6.07) is 2.16. The molecule has 2 saturated heterocycles. The number of nitrogens with one attached hydrogen (secondary N) is 2. The van der Waals surface area contributed by atoms with Crippen LogP contribution >= 0.6 is 0 Å². The molecule has 0 radical (unpaired) electrons. The molecule has 0 aromatic carbocycles. The fourth-order valence-electron chi connectivity index (χ4n) is 3.65. The van der Waals surface area contributed by atoms with E-state index in [1.165, 1.54) is 12.8 Å². The number of likely N-dealkylation sites (tertiary alicyclic amines) is 1. The largest absolute Gasteiger partial charge is 0.373 e. The van der Waals surface area contributed by atoms with Gasteiger partial charge in [-0.3, -0.25) is 9.69 Å². The molecule has 0 saturated carbocycles. The van der Waals surface area contributed by atoms with E-state index in [4.69, 9.17) is 4.98 Å². The van der Waals surface area contributed by atoms with Gasteiger partial charge in [-0.2, -0.15) is 0 Å². The van der Waals surface area contributed by atoms with Gasteiger partial charge in [0.25, 0.3) is 0 Å². The number of amides is 1. The first-order chi connectivity index (χ1) is 12.5. The topological polar surface area (TPSA) is 73.4 Å². The van der Waals surface area contributed by atoms with Crippen molar-refractivity contribution in [3.05, 3.63) is 17.6 Å². The highest BCUT2D eigenvalue weighted by Crippen LogP contribution is 2.22. The van der Waals surface area contributed by atoms with E-state index in [9.17, 15) is 4.79 Å². The van der Waals surface area contributed by atoms with Crippen molar-refractivity contribution < 1.29 is 4.79 Å². The van der Waals surface area contributed by atoms with E-state index in [2.05, 4.69) is 27.4 Å². The van der Waals surface area contributed by atoms with Crippen LogP contribution < -0.4 is 10.6 Å². The van der Waals surface area contributed by atoms with Crippen LogP contribution in [0.2, 0.25) is 0 Å². The quantitative estimate of drug-likeness (QED) is 0.803. The summed E-state index contributed by atoms with van der Waals surface area (Å²) in [5.41, 5.74) is 0.885. The van der Waals surface area contributed by atoms with E-state index in [-0.39, 0.29) is 11.9 Å².